The summed E-state index contributed by atoms with van der Waals surface area (Å²) in [6.07, 6.45) is 1.35. The molecule has 0 atom stereocenters. The third-order valence-corrected chi connectivity index (χ3v) is 3.70. The Morgan fingerprint density at radius 3 is 2.39 bits per heavy atom. The van der Waals surface area contributed by atoms with Crippen LogP contribution in [-0.2, 0) is 9.47 Å². The average molecular weight is 255 g/mol. The van der Waals surface area contributed by atoms with Crippen LogP contribution in [-0.4, -0.2) is 67.0 Å². The number of nitrogens with zero attached hydrogens (tertiary/aromatic N) is 2. The Hall–Kier alpha value is -1.34. The number of ether oxygens (including phenoxy) is 2. The summed E-state index contributed by atoms with van der Waals surface area (Å²) in [6, 6.07) is -0.508. The molecule has 0 aliphatic carbocycles. The van der Waals surface area contributed by atoms with Crippen LogP contribution in [0.1, 0.15) is 12.8 Å². The predicted octanol–water partition coefficient (Wildman–Crippen LogP) is -0.0295. The number of likely N-dealkylation sites (tertiary alicyclic amines) is 1. The van der Waals surface area contributed by atoms with Crippen molar-refractivity contribution in [2.24, 2.45) is 0 Å². The Bertz CT molecular complexity index is 357. The second-order valence-electron chi connectivity index (χ2n) is 4.76. The molecule has 1 N–H and O–H groups in total. The Labute approximate surface area is 105 Å². The van der Waals surface area contributed by atoms with Crippen molar-refractivity contribution < 1.29 is 19.1 Å². The van der Waals surface area contributed by atoms with Gasteiger partial charge in [-0.05, 0) is 0 Å². The molecule has 0 aromatic heterocycles. The van der Waals surface area contributed by atoms with Crippen molar-refractivity contribution >= 4 is 12.1 Å². The molecule has 0 aromatic carbocycles. The van der Waals surface area contributed by atoms with Gasteiger partial charge in [0.05, 0.1) is 13.2 Å². The van der Waals surface area contributed by atoms with Gasteiger partial charge in [-0.3, -0.25) is 0 Å². The number of carbonyl (C=O) groups excluding carboxylic acids is 2. The molecule has 7 heteroatoms. The molecule has 100 valence electrons. The summed E-state index contributed by atoms with van der Waals surface area (Å²) >= 11 is 0. The van der Waals surface area contributed by atoms with Gasteiger partial charge in [0, 0.05) is 39.0 Å². The minimum atomic E-state index is -0.482. The monoisotopic (exact) mass is 255 g/mol. The Balaban J connectivity index is 1.59. The number of urea groups is 2. The second-order valence-corrected chi connectivity index (χ2v) is 4.76. The minimum Gasteiger partial charge on any atom is -0.347 e. The lowest BCUT2D eigenvalue weighted by Crippen LogP contribution is -2.52. The Morgan fingerprint density at radius 1 is 1.17 bits per heavy atom. The number of nitrogens with one attached hydrogen (secondary N) is 1. The molecule has 3 saturated heterocycles. The lowest BCUT2D eigenvalue weighted by Gasteiger charge is -2.38. The summed E-state index contributed by atoms with van der Waals surface area (Å²) < 4.78 is 11.2. The number of amides is 4. The summed E-state index contributed by atoms with van der Waals surface area (Å²) in [6.45, 7) is 3.39. The van der Waals surface area contributed by atoms with Crippen LogP contribution >= 0.6 is 0 Å². The molecule has 0 unspecified atom stereocenters. The van der Waals surface area contributed by atoms with E-state index in [1.165, 1.54) is 4.90 Å². The molecule has 4 amide bonds. The van der Waals surface area contributed by atoms with Gasteiger partial charge in [0.1, 0.15) is 0 Å². The summed E-state index contributed by atoms with van der Waals surface area (Å²) in [7, 11) is 0. The molecule has 3 aliphatic heterocycles. The molecule has 3 aliphatic rings. The van der Waals surface area contributed by atoms with Crippen LogP contribution < -0.4 is 5.32 Å². The van der Waals surface area contributed by atoms with Crippen molar-refractivity contribution in [1.82, 2.24) is 15.1 Å². The Kier molecular flexibility index (Phi) is 2.87. The molecule has 0 radical (unpaired) electrons. The first-order valence-corrected chi connectivity index (χ1v) is 6.32. The maximum atomic E-state index is 12.1. The van der Waals surface area contributed by atoms with Gasteiger partial charge in [-0.25, -0.2) is 14.5 Å². The van der Waals surface area contributed by atoms with Crippen molar-refractivity contribution in [2.45, 2.75) is 18.6 Å². The van der Waals surface area contributed by atoms with Crippen LogP contribution in [0, 0.1) is 0 Å². The molecule has 1 spiro atoms. The second kappa shape index (κ2) is 4.40. The molecule has 18 heavy (non-hydrogen) atoms. The van der Waals surface area contributed by atoms with Gasteiger partial charge in [0.2, 0.25) is 0 Å². The van der Waals surface area contributed by atoms with E-state index in [-0.39, 0.29) is 12.1 Å². The van der Waals surface area contributed by atoms with Crippen molar-refractivity contribution in [2.75, 3.05) is 39.4 Å². The fraction of sp³-hybridized carbons (Fsp3) is 0.818. The number of hydrogen-bond donors (Lipinski definition) is 1. The van der Waals surface area contributed by atoms with Crippen LogP contribution in [0.5, 0.6) is 0 Å². The molecule has 0 aromatic rings. The normalized spacial score (nSPS) is 26.8. The lowest BCUT2D eigenvalue weighted by molar-refractivity contribution is -0.181. The fourth-order valence-electron chi connectivity index (χ4n) is 2.65. The SMILES string of the molecule is O=C1NCCN1C(=O)N1CCC2(CC1)OCCO2. The number of piperidine rings is 1. The zero-order valence-corrected chi connectivity index (χ0v) is 10.2. The third kappa shape index (κ3) is 1.93. The molecule has 3 heterocycles. The van der Waals surface area contributed by atoms with Crippen molar-refractivity contribution in [3.05, 3.63) is 0 Å². The summed E-state index contributed by atoms with van der Waals surface area (Å²) in [4.78, 5) is 26.5. The van der Waals surface area contributed by atoms with Crippen molar-refractivity contribution in [3.8, 4) is 0 Å². The van der Waals surface area contributed by atoms with E-state index in [9.17, 15) is 9.59 Å². The summed E-state index contributed by atoms with van der Waals surface area (Å²) in [5, 5.41) is 2.63. The lowest BCUT2D eigenvalue weighted by atomic mass is 10.0. The van der Waals surface area contributed by atoms with E-state index in [1.54, 1.807) is 4.90 Å². The van der Waals surface area contributed by atoms with Crippen LogP contribution in [0.2, 0.25) is 0 Å². The van der Waals surface area contributed by atoms with Gasteiger partial charge in [-0.1, -0.05) is 0 Å². The number of carbonyl (C=O) groups is 2. The highest BCUT2D eigenvalue weighted by atomic mass is 16.7. The van der Waals surface area contributed by atoms with Gasteiger partial charge in [-0.15, -0.1) is 0 Å². The van der Waals surface area contributed by atoms with Crippen molar-refractivity contribution in [1.29, 1.82) is 0 Å². The zero-order chi connectivity index (χ0) is 12.6. The highest BCUT2D eigenvalue weighted by Crippen LogP contribution is 2.31. The van der Waals surface area contributed by atoms with Crippen molar-refractivity contribution in [3.63, 3.8) is 0 Å². The molecule has 3 fully saturated rings. The molecular weight excluding hydrogens is 238 g/mol. The molecule has 7 nitrogen and oxygen atoms in total. The number of hydrogen-bond acceptors (Lipinski definition) is 4. The fourth-order valence-corrected chi connectivity index (χ4v) is 2.65. The standard InChI is InChI=1S/C11H17N3O4/c15-9-12-3-6-14(9)10(16)13-4-1-11(2-5-13)17-7-8-18-11/h1-8H2,(H,12,15). The highest BCUT2D eigenvalue weighted by Gasteiger charge is 2.42. The number of imide groups is 1. The first-order valence-electron chi connectivity index (χ1n) is 6.32. The van der Waals surface area contributed by atoms with E-state index >= 15 is 0 Å². The van der Waals surface area contributed by atoms with Gasteiger partial charge in [0.15, 0.2) is 5.79 Å². The smallest absolute Gasteiger partial charge is 0.328 e. The topological polar surface area (TPSA) is 71.1 Å². The highest BCUT2D eigenvalue weighted by molar-refractivity contribution is 5.94. The van der Waals surface area contributed by atoms with Crippen LogP contribution in [0.4, 0.5) is 9.59 Å². The molecule has 0 bridgehead atoms. The third-order valence-electron chi connectivity index (χ3n) is 3.70. The largest absolute Gasteiger partial charge is 0.347 e. The molecule has 0 saturated carbocycles. The van der Waals surface area contributed by atoms with Gasteiger partial charge in [-0.2, -0.15) is 0 Å². The molecule has 3 rings (SSSR count). The van der Waals surface area contributed by atoms with Crippen LogP contribution in [0.15, 0.2) is 0 Å². The maximum absolute atomic E-state index is 12.1. The van der Waals surface area contributed by atoms with Crippen LogP contribution in [0.3, 0.4) is 0 Å². The number of rotatable bonds is 0. The van der Waals surface area contributed by atoms with E-state index in [4.69, 9.17) is 9.47 Å². The van der Waals surface area contributed by atoms with Gasteiger partial charge >= 0.3 is 12.1 Å². The summed E-state index contributed by atoms with van der Waals surface area (Å²) in [5.41, 5.74) is 0. The van der Waals surface area contributed by atoms with E-state index < -0.39 is 5.79 Å². The zero-order valence-electron chi connectivity index (χ0n) is 10.2. The quantitative estimate of drug-likeness (QED) is 0.660. The van der Waals surface area contributed by atoms with E-state index in [1.807, 2.05) is 0 Å². The Morgan fingerprint density at radius 2 is 1.83 bits per heavy atom. The summed E-state index contributed by atoms with van der Waals surface area (Å²) in [5.74, 6) is -0.482. The predicted molar refractivity (Wildman–Crippen MR) is 60.9 cm³/mol. The van der Waals surface area contributed by atoms with E-state index in [2.05, 4.69) is 5.32 Å². The van der Waals surface area contributed by atoms with Crippen LogP contribution in [0.25, 0.3) is 0 Å². The first-order chi connectivity index (χ1) is 8.70. The van der Waals surface area contributed by atoms with E-state index in [0.717, 1.165) is 0 Å². The van der Waals surface area contributed by atoms with E-state index in [0.29, 0.717) is 52.2 Å². The van der Waals surface area contributed by atoms with Gasteiger partial charge < -0.3 is 19.7 Å². The average Bonchev–Trinajstić information content (AvgIpc) is 2.99. The minimum absolute atomic E-state index is 0.210. The van der Waals surface area contributed by atoms with Gasteiger partial charge in [0.25, 0.3) is 0 Å². The first kappa shape index (κ1) is 11.7. The maximum Gasteiger partial charge on any atom is 0.328 e. The molecular formula is C11H17N3O4.